The zero-order chi connectivity index (χ0) is 19.9. The van der Waals surface area contributed by atoms with Crippen LogP contribution in [0, 0.1) is 0 Å². The lowest BCUT2D eigenvalue weighted by Crippen LogP contribution is -2.23. The predicted octanol–water partition coefficient (Wildman–Crippen LogP) is 4.38. The number of likely N-dealkylation sites (tertiary alicyclic amines) is 1. The van der Waals surface area contributed by atoms with Crippen molar-refractivity contribution in [1.82, 2.24) is 10.2 Å². The maximum absolute atomic E-state index is 12.5. The molecule has 5 heteroatoms. The van der Waals surface area contributed by atoms with E-state index < -0.39 is 0 Å². The molecular formula is C24H26N2O3. The third-order valence-electron chi connectivity index (χ3n) is 5.17. The van der Waals surface area contributed by atoms with Gasteiger partial charge < -0.3 is 14.5 Å². The van der Waals surface area contributed by atoms with Crippen molar-refractivity contribution in [1.29, 1.82) is 0 Å². The van der Waals surface area contributed by atoms with Crippen molar-refractivity contribution in [2.75, 3.05) is 13.1 Å². The lowest BCUT2D eigenvalue weighted by atomic mass is 10.1. The third-order valence-corrected chi connectivity index (χ3v) is 5.17. The summed E-state index contributed by atoms with van der Waals surface area (Å²) < 4.78 is 11.1. The number of benzene rings is 2. The SMILES string of the molecule is O=C(NCc1ccc(CN2CCCC2)cc1)c1occc1COc1ccccc1. The molecule has 150 valence electrons. The van der Waals surface area contributed by atoms with Gasteiger partial charge in [-0.15, -0.1) is 0 Å². The van der Waals surface area contributed by atoms with Gasteiger partial charge in [-0.2, -0.15) is 0 Å². The van der Waals surface area contributed by atoms with Gasteiger partial charge in [0.2, 0.25) is 0 Å². The zero-order valence-corrected chi connectivity index (χ0v) is 16.5. The smallest absolute Gasteiger partial charge is 0.287 e. The summed E-state index contributed by atoms with van der Waals surface area (Å²) in [6.07, 6.45) is 4.12. The van der Waals surface area contributed by atoms with Gasteiger partial charge in [-0.3, -0.25) is 9.69 Å². The van der Waals surface area contributed by atoms with Crippen LogP contribution in [0.2, 0.25) is 0 Å². The van der Waals surface area contributed by atoms with Gasteiger partial charge in [0.15, 0.2) is 5.76 Å². The van der Waals surface area contributed by atoms with Crippen molar-refractivity contribution in [3.8, 4) is 5.75 Å². The highest BCUT2D eigenvalue weighted by molar-refractivity contribution is 5.92. The molecule has 1 aliphatic heterocycles. The first-order valence-corrected chi connectivity index (χ1v) is 10.1. The molecule has 0 spiro atoms. The molecular weight excluding hydrogens is 364 g/mol. The summed E-state index contributed by atoms with van der Waals surface area (Å²) in [6, 6.07) is 19.7. The van der Waals surface area contributed by atoms with Gasteiger partial charge >= 0.3 is 0 Å². The minimum atomic E-state index is -0.234. The highest BCUT2D eigenvalue weighted by Gasteiger charge is 2.16. The van der Waals surface area contributed by atoms with Gasteiger partial charge in [0.1, 0.15) is 12.4 Å². The Labute approximate surface area is 171 Å². The second-order valence-corrected chi connectivity index (χ2v) is 7.36. The minimum absolute atomic E-state index is 0.234. The third kappa shape index (κ3) is 5.27. The van der Waals surface area contributed by atoms with Crippen molar-refractivity contribution >= 4 is 5.91 Å². The summed E-state index contributed by atoms with van der Waals surface area (Å²) in [5, 5.41) is 2.93. The van der Waals surface area contributed by atoms with Gasteiger partial charge in [-0.1, -0.05) is 42.5 Å². The Hall–Kier alpha value is -3.05. The first-order chi connectivity index (χ1) is 14.3. The largest absolute Gasteiger partial charge is 0.489 e. The van der Waals surface area contributed by atoms with Gasteiger partial charge in [-0.05, 0) is 55.3 Å². The van der Waals surface area contributed by atoms with E-state index in [4.69, 9.17) is 9.15 Å². The Morgan fingerprint density at radius 1 is 0.966 bits per heavy atom. The molecule has 1 N–H and O–H groups in total. The molecule has 0 saturated carbocycles. The van der Waals surface area contributed by atoms with Gasteiger partial charge in [0, 0.05) is 18.7 Å². The number of carbonyl (C=O) groups excluding carboxylic acids is 1. The second-order valence-electron chi connectivity index (χ2n) is 7.36. The van der Waals surface area contributed by atoms with Crippen LogP contribution in [0.3, 0.4) is 0 Å². The number of para-hydroxylation sites is 1. The predicted molar refractivity (Wildman–Crippen MR) is 112 cm³/mol. The standard InChI is InChI=1S/C24H26N2O3/c27-24(23-21(12-15-28-23)18-29-22-6-2-1-3-7-22)25-16-19-8-10-20(11-9-19)17-26-13-4-5-14-26/h1-3,6-12,15H,4-5,13-14,16-18H2,(H,25,27). The molecule has 1 aliphatic rings. The quantitative estimate of drug-likeness (QED) is 0.620. The summed E-state index contributed by atoms with van der Waals surface area (Å²) >= 11 is 0. The van der Waals surface area contributed by atoms with E-state index in [-0.39, 0.29) is 12.5 Å². The fraction of sp³-hybridized carbons (Fsp3) is 0.292. The van der Waals surface area contributed by atoms with E-state index >= 15 is 0 Å². The molecule has 3 aromatic rings. The van der Waals surface area contributed by atoms with Gasteiger partial charge in [0.05, 0.1) is 6.26 Å². The molecule has 0 atom stereocenters. The lowest BCUT2D eigenvalue weighted by molar-refractivity contribution is 0.0919. The zero-order valence-electron chi connectivity index (χ0n) is 16.5. The first-order valence-electron chi connectivity index (χ1n) is 10.1. The van der Waals surface area contributed by atoms with Gasteiger partial charge in [-0.25, -0.2) is 0 Å². The second kappa shape index (κ2) is 9.43. The number of nitrogens with one attached hydrogen (secondary N) is 1. The molecule has 29 heavy (non-hydrogen) atoms. The molecule has 1 amide bonds. The maximum Gasteiger partial charge on any atom is 0.287 e. The van der Waals surface area contributed by atoms with Crippen LogP contribution in [0.1, 0.15) is 40.1 Å². The lowest BCUT2D eigenvalue weighted by Gasteiger charge is -2.14. The molecule has 0 aliphatic carbocycles. The topological polar surface area (TPSA) is 54.7 Å². The molecule has 2 heterocycles. The van der Waals surface area contributed by atoms with E-state index in [0.29, 0.717) is 12.3 Å². The Morgan fingerprint density at radius 2 is 1.69 bits per heavy atom. The Morgan fingerprint density at radius 3 is 2.45 bits per heavy atom. The normalized spacial score (nSPS) is 14.1. The number of carbonyl (C=O) groups is 1. The summed E-state index contributed by atoms with van der Waals surface area (Å²) in [5.41, 5.74) is 3.11. The molecule has 2 aromatic carbocycles. The summed E-state index contributed by atoms with van der Waals surface area (Å²) in [6.45, 7) is 4.13. The number of furan rings is 1. The Kier molecular flexibility index (Phi) is 6.27. The highest BCUT2D eigenvalue weighted by atomic mass is 16.5. The Bertz CT molecular complexity index is 913. The van der Waals surface area contributed by atoms with Crippen LogP contribution < -0.4 is 10.1 Å². The van der Waals surface area contributed by atoms with Crippen molar-refractivity contribution in [2.24, 2.45) is 0 Å². The molecule has 1 aromatic heterocycles. The molecule has 5 nitrogen and oxygen atoms in total. The maximum atomic E-state index is 12.5. The van der Waals surface area contributed by atoms with E-state index in [9.17, 15) is 4.79 Å². The van der Waals surface area contributed by atoms with E-state index in [1.807, 2.05) is 30.3 Å². The minimum Gasteiger partial charge on any atom is -0.489 e. The molecule has 1 saturated heterocycles. The fourth-order valence-electron chi connectivity index (χ4n) is 3.55. The van der Waals surface area contributed by atoms with Crippen molar-refractivity contribution in [2.45, 2.75) is 32.5 Å². The Balaban J connectivity index is 1.29. The van der Waals surface area contributed by atoms with E-state index in [2.05, 4.69) is 34.5 Å². The monoisotopic (exact) mass is 390 g/mol. The number of rotatable bonds is 8. The van der Waals surface area contributed by atoms with Crippen LogP contribution >= 0.6 is 0 Å². The average Bonchev–Trinajstić information content (AvgIpc) is 3.44. The number of ether oxygens (including phenoxy) is 1. The summed E-state index contributed by atoms with van der Waals surface area (Å²) in [4.78, 5) is 15.0. The first kappa shape index (κ1) is 19.3. The van der Waals surface area contributed by atoms with E-state index in [1.54, 1.807) is 6.07 Å². The van der Waals surface area contributed by atoms with Crippen LogP contribution in [0.4, 0.5) is 0 Å². The molecule has 0 unspecified atom stereocenters. The number of amides is 1. The summed E-state index contributed by atoms with van der Waals surface area (Å²) in [5.74, 6) is 0.823. The van der Waals surface area contributed by atoms with E-state index in [1.165, 1.54) is 37.8 Å². The van der Waals surface area contributed by atoms with E-state index in [0.717, 1.165) is 23.4 Å². The van der Waals surface area contributed by atoms with Crippen LogP contribution in [-0.2, 0) is 19.7 Å². The summed E-state index contributed by atoms with van der Waals surface area (Å²) in [7, 11) is 0. The van der Waals surface area contributed by atoms with Crippen molar-refractivity contribution < 1.29 is 13.9 Å². The van der Waals surface area contributed by atoms with Crippen molar-refractivity contribution in [3.05, 3.63) is 89.4 Å². The number of hydrogen-bond acceptors (Lipinski definition) is 4. The van der Waals surface area contributed by atoms with Crippen LogP contribution in [0.25, 0.3) is 0 Å². The fourth-order valence-corrected chi connectivity index (χ4v) is 3.55. The highest BCUT2D eigenvalue weighted by Crippen LogP contribution is 2.16. The number of hydrogen-bond donors (Lipinski definition) is 1. The molecule has 0 bridgehead atoms. The van der Waals surface area contributed by atoms with Crippen molar-refractivity contribution in [3.63, 3.8) is 0 Å². The van der Waals surface area contributed by atoms with Crippen LogP contribution in [0.15, 0.2) is 71.3 Å². The molecule has 0 radical (unpaired) electrons. The molecule has 4 rings (SSSR count). The molecule has 1 fully saturated rings. The van der Waals surface area contributed by atoms with Gasteiger partial charge in [0.25, 0.3) is 5.91 Å². The van der Waals surface area contributed by atoms with Crippen LogP contribution in [0.5, 0.6) is 5.75 Å². The average molecular weight is 390 g/mol. The number of nitrogens with zero attached hydrogens (tertiary/aromatic N) is 1. The van der Waals surface area contributed by atoms with Crippen LogP contribution in [-0.4, -0.2) is 23.9 Å².